The minimum Gasteiger partial charge on any atom is -0.335 e. The smallest absolute Gasteiger partial charge is 0.335 e. The molecule has 3 nitrogen and oxygen atoms in total. The fourth-order valence-electron chi connectivity index (χ4n) is 3.50. The molecule has 0 radical (unpaired) electrons. The third kappa shape index (κ3) is 4.03. The number of benzene rings is 1. The van der Waals surface area contributed by atoms with Gasteiger partial charge in [-0.1, -0.05) is 6.07 Å². The summed E-state index contributed by atoms with van der Waals surface area (Å²) in [6.45, 7) is 5.00. The van der Waals surface area contributed by atoms with Crippen LogP contribution in [0.1, 0.15) is 42.6 Å². The van der Waals surface area contributed by atoms with E-state index in [-0.39, 0.29) is 0 Å². The molecule has 0 amide bonds. The third-order valence-corrected chi connectivity index (χ3v) is 4.70. The first-order valence-electron chi connectivity index (χ1n) is 8.47. The number of nitrogens with zero attached hydrogens (tertiary/aromatic N) is 3. The lowest BCUT2D eigenvalue weighted by Crippen LogP contribution is -2.35. The zero-order valence-corrected chi connectivity index (χ0v) is 14.1. The lowest BCUT2D eigenvalue weighted by atomic mass is 9.96. The van der Waals surface area contributed by atoms with Crippen LogP contribution in [-0.4, -0.2) is 27.5 Å². The Hall–Kier alpha value is -1.89. The summed E-state index contributed by atoms with van der Waals surface area (Å²) < 4.78 is 53.8. The van der Waals surface area contributed by atoms with Crippen molar-refractivity contribution in [2.75, 3.05) is 13.1 Å². The van der Waals surface area contributed by atoms with Gasteiger partial charge in [0.2, 0.25) is 0 Å². The van der Waals surface area contributed by atoms with Gasteiger partial charge in [-0.05, 0) is 44.0 Å². The first-order chi connectivity index (χ1) is 11.9. The molecule has 0 spiro atoms. The van der Waals surface area contributed by atoms with Gasteiger partial charge in [0.1, 0.15) is 11.6 Å². The van der Waals surface area contributed by atoms with Gasteiger partial charge in [-0.25, -0.2) is 9.37 Å². The Labute approximate surface area is 144 Å². The molecule has 1 aliphatic heterocycles. The number of aryl methyl sites for hydroxylation is 1. The van der Waals surface area contributed by atoms with Gasteiger partial charge >= 0.3 is 6.18 Å². The average molecular weight is 355 g/mol. The number of piperidine rings is 1. The van der Waals surface area contributed by atoms with Gasteiger partial charge in [-0.2, -0.15) is 13.2 Å². The molecule has 0 unspecified atom stereocenters. The molecule has 0 saturated carbocycles. The Kier molecular flexibility index (Phi) is 5.13. The van der Waals surface area contributed by atoms with Crippen molar-refractivity contribution >= 4 is 0 Å². The molecule has 2 aromatic rings. The van der Waals surface area contributed by atoms with Crippen LogP contribution >= 0.6 is 0 Å². The highest BCUT2D eigenvalue weighted by atomic mass is 19.4. The molecule has 2 heterocycles. The van der Waals surface area contributed by atoms with Gasteiger partial charge in [0.15, 0.2) is 0 Å². The minimum atomic E-state index is -4.66. The van der Waals surface area contributed by atoms with E-state index >= 15 is 0 Å². The molecule has 0 aliphatic carbocycles. The highest BCUT2D eigenvalue weighted by Gasteiger charge is 2.34. The third-order valence-electron chi connectivity index (χ3n) is 4.70. The normalized spacial score (nSPS) is 19.3. The van der Waals surface area contributed by atoms with Crippen LogP contribution in [0.25, 0.3) is 0 Å². The van der Waals surface area contributed by atoms with E-state index < -0.39 is 17.6 Å². The van der Waals surface area contributed by atoms with Crippen molar-refractivity contribution in [3.8, 4) is 0 Å². The molecule has 1 aromatic heterocycles. The van der Waals surface area contributed by atoms with Gasteiger partial charge in [-0.15, -0.1) is 0 Å². The van der Waals surface area contributed by atoms with Crippen LogP contribution < -0.4 is 0 Å². The second-order valence-electron chi connectivity index (χ2n) is 6.46. The summed E-state index contributed by atoms with van der Waals surface area (Å²) in [4.78, 5) is 6.61. The molecule has 0 bridgehead atoms. The summed E-state index contributed by atoms with van der Waals surface area (Å²) in [7, 11) is 0. The number of hydrogen-bond donors (Lipinski definition) is 0. The standard InChI is InChI=1S/C18H21F4N3/c1-2-25-9-7-23-17(25)14-4-3-8-24(12-14)11-13-5-6-15(16(19)10-13)18(20,21)22/h5-7,9-10,14H,2-4,8,11-12H2,1H3/t14-/m0/s1. The van der Waals surface area contributed by atoms with E-state index in [0.29, 0.717) is 18.0 Å². The fourth-order valence-corrected chi connectivity index (χ4v) is 3.50. The summed E-state index contributed by atoms with van der Waals surface area (Å²) in [5.74, 6) is 0.133. The highest BCUT2D eigenvalue weighted by molar-refractivity contribution is 5.26. The molecule has 7 heteroatoms. The lowest BCUT2D eigenvalue weighted by Gasteiger charge is -2.32. The Balaban J connectivity index is 1.70. The number of imidazole rings is 1. The molecule has 1 atom stereocenters. The fraction of sp³-hybridized carbons (Fsp3) is 0.500. The first-order valence-corrected chi connectivity index (χ1v) is 8.47. The van der Waals surface area contributed by atoms with Crippen LogP contribution in [0.3, 0.4) is 0 Å². The van der Waals surface area contributed by atoms with Crippen molar-refractivity contribution in [3.63, 3.8) is 0 Å². The van der Waals surface area contributed by atoms with Crippen LogP contribution in [0.5, 0.6) is 0 Å². The summed E-state index contributed by atoms with van der Waals surface area (Å²) >= 11 is 0. The highest BCUT2D eigenvalue weighted by Crippen LogP contribution is 2.32. The van der Waals surface area contributed by atoms with E-state index in [1.165, 1.54) is 6.07 Å². The summed E-state index contributed by atoms with van der Waals surface area (Å²) in [5.41, 5.74) is -0.650. The van der Waals surface area contributed by atoms with Crippen LogP contribution in [0.15, 0.2) is 30.6 Å². The van der Waals surface area contributed by atoms with E-state index in [1.54, 1.807) is 6.20 Å². The minimum absolute atomic E-state index is 0.294. The zero-order valence-electron chi connectivity index (χ0n) is 14.1. The maximum atomic E-state index is 13.7. The molecular weight excluding hydrogens is 334 g/mol. The van der Waals surface area contributed by atoms with Gasteiger partial charge < -0.3 is 4.57 Å². The first kappa shape index (κ1) is 17.9. The number of aromatic nitrogens is 2. The van der Waals surface area contributed by atoms with Crippen molar-refractivity contribution in [2.45, 2.75) is 44.9 Å². The maximum Gasteiger partial charge on any atom is 0.419 e. The number of alkyl halides is 3. The lowest BCUT2D eigenvalue weighted by molar-refractivity contribution is -0.140. The van der Waals surface area contributed by atoms with E-state index in [1.807, 2.05) is 6.20 Å². The monoisotopic (exact) mass is 355 g/mol. The summed E-state index contributed by atoms with van der Waals surface area (Å²) in [6, 6.07) is 3.19. The van der Waals surface area contributed by atoms with Gasteiger partial charge in [0, 0.05) is 37.9 Å². The van der Waals surface area contributed by atoms with Gasteiger partial charge in [0.25, 0.3) is 0 Å². The average Bonchev–Trinajstić information content (AvgIpc) is 3.02. The predicted octanol–water partition coefficient (Wildman–Crippen LogP) is 4.44. The predicted molar refractivity (Wildman–Crippen MR) is 86.6 cm³/mol. The van der Waals surface area contributed by atoms with E-state index in [0.717, 1.165) is 50.4 Å². The molecule has 1 fully saturated rings. The number of halogens is 4. The van der Waals surface area contributed by atoms with E-state index in [4.69, 9.17) is 0 Å². The molecule has 136 valence electrons. The largest absolute Gasteiger partial charge is 0.419 e. The van der Waals surface area contributed by atoms with E-state index in [9.17, 15) is 17.6 Å². The quantitative estimate of drug-likeness (QED) is 0.756. The zero-order chi connectivity index (χ0) is 18.0. The molecule has 25 heavy (non-hydrogen) atoms. The second kappa shape index (κ2) is 7.15. The molecule has 1 aliphatic rings. The number of hydrogen-bond acceptors (Lipinski definition) is 2. The molecule has 3 rings (SSSR count). The number of rotatable bonds is 4. The maximum absolute atomic E-state index is 13.7. The Morgan fingerprint density at radius 1 is 1.28 bits per heavy atom. The van der Waals surface area contributed by atoms with Crippen molar-refractivity contribution in [3.05, 3.63) is 53.4 Å². The van der Waals surface area contributed by atoms with Crippen molar-refractivity contribution in [1.29, 1.82) is 0 Å². The molecule has 1 aromatic carbocycles. The van der Waals surface area contributed by atoms with E-state index in [2.05, 4.69) is 21.4 Å². The molecule has 0 N–H and O–H groups in total. The van der Waals surface area contributed by atoms with Crippen molar-refractivity contribution in [2.24, 2.45) is 0 Å². The Morgan fingerprint density at radius 2 is 2.08 bits per heavy atom. The van der Waals surface area contributed by atoms with Crippen LogP contribution in [0.4, 0.5) is 17.6 Å². The summed E-state index contributed by atoms with van der Waals surface area (Å²) in [6.07, 6.45) is 1.12. The SMILES string of the molecule is CCn1ccnc1[C@H]1CCCN(Cc2ccc(C(F)(F)F)c(F)c2)C1. The summed E-state index contributed by atoms with van der Waals surface area (Å²) in [5, 5.41) is 0. The Morgan fingerprint density at radius 3 is 2.76 bits per heavy atom. The Bertz CT molecular complexity index is 723. The van der Waals surface area contributed by atoms with Gasteiger partial charge in [0.05, 0.1) is 5.56 Å². The topological polar surface area (TPSA) is 21.1 Å². The van der Waals surface area contributed by atoms with Crippen LogP contribution in [0.2, 0.25) is 0 Å². The van der Waals surface area contributed by atoms with Crippen LogP contribution in [-0.2, 0) is 19.3 Å². The molecule has 1 saturated heterocycles. The van der Waals surface area contributed by atoms with Crippen molar-refractivity contribution < 1.29 is 17.6 Å². The second-order valence-corrected chi connectivity index (χ2v) is 6.46. The molecular formula is C18H21F4N3. The van der Waals surface area contributed by atoms with Crippen LogP contribution in [0, 0.1) is 5.82 Å². The van der Waals surface area contributed by atoms with Gasteiger partial charge in [-0.3, -0.25) is 4.90 Å². The number of likely N-dealkylation sites (tertiary alicyclic amines) is 1. The van der Waals surface area contributed by atoms with Crippen molar-refractivity contribution in [1.82, 2.24) is 14.5 Å².